The van der Waals surface area contributed by atoms with Gasteiger partial charge in [-0.2, -0.15) is 5.10 Å². The molecular weight excluding hydrogens is 290 g/mol. The predicted molar refractivity (Wildman–Crippen MR) is 86.7 cm³/mol. The van der Waals surface area contributed by atoms with Crippen molar-refractivity contribution in [1.29, 1.82) is 0 Å². The van der Waals surface area contributed by atoms with Crippen molar-refractivity contribution in [2.24, 2.45) is 7.05 Å². The maximum Gasteiger partial charge on any atom is 0.255 e. The van der Waals surface area contributed by atoms with E-state index in [9.17, 15) is 4.79 Å². The number of hydrogen-bond acceptors (Lipinski definition) is 4. The molecule has 0 radical (unpaired) electrons. The fourth-order valence-corrected chi connectivity index (χ4v) is 2.82. The molecule has 1 amide bonds. The lowest BCUT2D eigenvalue weighted by Gasteiger charge is -2.27. The first kappa shape index (κ1) is 13.5. The summed E-state index contributed by atoms with van der Waals surface area (Å²) in [6, 6.07) is 11.3. The average Bonchev–Trinajstić information content (AvgIpc) is 2.98. The number of aromatic nitrogens is 3. The molecule has 6 nitrogen and oxygen atoms in total. The number of fused-ring (bicyclic) bond motifs is 1. The molecule has 0 fully saturated rings. The lowest BCUT2D eigenvalue weighted by Crippen LogP contribution is -2.38. The number of aryl methyl sites for hydroxylation is 1. The molecule has 0 saturated heterocycles. The molecular formula is C17H15N5O. The van der Waals surface area contributed by atoms with Gasteiger partial charge < -0.3 is 10.6 Å². The number of anilines is 1. The fraction of sp³-hybridized carbons (Fsp3) is 0.118. The molecule has 3 aromatic rings. The van der Waals surface area contributed by atoms with Gasteiger partial charge in [0.15, 0.2) is 0 Å². The van der Waals surface area contributed by atoms with E-state index in [1.807, 2.05) is 43.6 Å². The number of benzene rings is 1. The van der Waals surface area contributed by atoms with Gasteiger partial charge in [-0.25, -0.2) is 0 Å². The molecule has 0 saturated carbocycles. The minimum atomic E-state index is -0.325. The number of carbonyl (C=O) groups excluding carboxylic acids is 1. The lowest BCUT2D eigenvalue weighted by molar-refractivity contribution is 0.0936. The first-order chi connectivity index (χ1) is 11.2. The molecule has 0 unspecified atom stereocenters. The van der Waals surface area contributed by atoms with Gasteiger partial charge in [-0.05, 0) is 24.3 Å². The summed E-state index contributed by atoms with van der Waals surface area (Å²) in [6.07, 6.45) is 5.06. The van der Waals surface area contributed by atoms with Crippen molar-refractivity contribution in [2.75, 3.05) is 5.32 Å². The third kappa shape index (κ3) is 2.34. The molecule has 1 aromatic carbocycles. The van der Waals surface area contributed by atoms with Crippen molar-refractivity contribution in [3.05, 3.63) is 66.1 Å². The zero-order chi connectivity index (χ0) is 15.8. The number of pyridine rings is 1. The topological polar surface area (TPSA) is 71.8 Å². The highest BCUT2D eigenvalue weighted by Gasteiger charge is 2.27. The van der Waals surface area contributed by atoms with E-state index in [-0.39, 0.29) is 12.1 Å². The maximum absolute atomic E-state index is 12.3. The second kappa shape index (κ2) is 5.24. The van der Waals surface area contributed by atoms with Crippen LogP contribution in [0.5, 0.6) is 0 Å². The van der Waals surface area contributed by atoms with Crippen molar-refractivity contribution in [3.63, 3.8) is 0 Å². The van der Waals surface area contributed by atoms with Crippen molar-refractivity contribution < 1.29 is 4.79 Å². The number of amides is 1. The van der Waals surface area contributed by atoms with Crippen molar-refractivity contribution in [3.8, 4) is 11.3 Å². The number of nitrogens with zero attached hydrogens (tertiary/aromatic N) is 3. The quantitative estimate of drug-likeness (QED) is 0.762. The van der Waals surface area contributed by atoms with Crippen molar-refractivity contribution in [2.45, 2.75) is 6.17 Å². The normalized spacial score (nSPS) is 16.4. The smallest absolute Gasteiger partial charge is 0.255 e. The second-order valence-corrected chi connectivity index (χ2v) is 5.44. The van der Waals surface area contributed by atoms with Crippen LogP contribution in [-0.4, -0.2) is 20.7 Å². The third-order valence-electron chi connectivity index (χ3n) is 3.87. The molecule has 0 spiro atoms. The highest BCUT2D eigenvalue weighted by atomic mass is 16.2. The summed E-state index contributed by atoms with van der Waals surface area (Å²) in [5.41, 5.74) is 4.18. The van der Waals surface area contributed by atoms with E-state index in [0.717, 1.165) is 22.5 Å². The van der Waals surface area contributed by atoms with E-state index < -0.39 is 0 Å². The summed E-state index contributed by atoms with van der Waals surface area (Å²) in [7, 11) is 1.87. The number of hydrogen-bond donors (Lipinski definition) is 2. The summed E-state index contributed by atoms with van der Waals surface area (Å²) in [5.74, 6) is -0.0890. The molecule has 1 aliphatic heterocycles. The van der Waals surface area contributed by atoms with Crippen LogP contribution in [0.4, 0.5) is 5.69 Å². The highest BCUT2D eigenvalue weighted by molar-refractivity contribution is 6.01. The Labute approximate surface area is 133 Å². The number of rotatable bonds is 2. The van der Waals surface area contributed by atoms with Crippen LogP contribution in [0.3, 0.4) is 0 Å². The van der Waals surface area contributed by atoms with Crippen LogP contribution in [0.25, 0.3) is 11.3 Å². The Morgan fingerprint density at radius 2 is 1.87 bits per heavy atom. The standard InChI is InChI=1S/C17H15N5O/c1-22-10-13(15(21-22)11-6-8-18-9-7-11)16-19-14-5-3-2-4-12(14)17(23)20-16/h2-10,16,19H,1H3,(H,20,23)/t16-/m1/s1. The summed E-state index contributed by atoms with van der Waals surface area (Å²) >= 11 is 0. The molecule has 1 aliphatic rings. The van der Waals surface area contributed by atoms with Gasteiger partial charge in [0.05, 0.1) is 11.3 Å². The Morgan fingerprint density at radius 1 is 1.09 bits per heavy atom. The zero-order valence-corrected chi connectivity index (χ0v) is 12.5. The number of nitrogens with one attached hydrogen (secondary N) is 2. The van der Waals surface area contributed by atoms with Crippen LogP contribution in [0.2, 0.25) is 0 Å². The first-order valence-corrected chi connectivity index (χ1v) is 7.33. The third-order valence-corrected chi connectivity index (χ3v) is 3.87. The van der Waals surface area contributed by atoms with Gasteiger partial charge in [-0.15, -0.1) is 0 Å². The fourth-order valence-electron chi connectivity index (χ4n) is 2.82. The van der Waals surface area contributed by atoms with E-state index >= 15 is 0 Å². The molecule has 6 heteroatoms. The van der Waals surface area contributed by atoms with Crippen LogP contribution < -0.4 is 10.6 Å². The summed E-state index contributed by atoms with van der Waals surface area (Å²) in [6.45, 7) is 0. The van der Waals surface area contributed by atoms with E-state index in [2.05, 4.69) is 20.7 Å². The van der Waals surface area contributed by atoms with E-state index in [4.69, 9.17) is 0 Å². The molecule has 3 heterocycles. The van der Waals surface area contributed by atoms with Gasteiger partial charge in [0.2, 0.25) is 0 Å². The average molecular weight is 305 g/mol. The zero-order valence-electron chi connectivity index (χ0n) is 12.5. The SMILES string of the molecule is Cn1cc([C@H]2NC(=O)c3ccccc3N2)c(-c2ccncc2)n1. The van der Waals surface area contributed by atoms with Gasteiger partial charge in [0.1, 0.15) is 6.17 Å². The summed E-state index contributed by atoms with van der Waals surface area (Å²) in [4.78, 5) is 16.4. The van der Waals surface area contributed by atoms with Gasteiger partial charge in [0, 0.05) is 42.5 Å². The minimum Gasteiger partial charge on any atom is -0.361 e. The monoisotopic (exact) mass is 305 g/mol. The van der Waals surface area contributed by atoms with Gasteiger partial charge in [0.25, 0.3) is 5.91 Å². The number of carbonyl (C=O) groups is 1. The summed E-state index contributed by atoms with van der Waals surface area (Å²) in [5, 5.41) is 10.9. The molecule has 2 N–H and O–H groups in total. The maximum atomic E-state index is 12.3. The van der Waals surface area contributed by atoms with E-state index in [0.29, 0.717) is 5.56 Å². The molecule has 23 heavy (non-hydrogen) atoms. The molecule has 4 rings (SSSR count). The minimum absolute atomic E-state index is 0.0890. The van der Waals surface area contributed by atoms with Crippen molar-refractivity contribution >= 4 is 11.6 Å². The molecule has 1 atom stereocenters. The van der Waals surface area contributed by atoms with Gasteiger partial charge in [-0.1, -0.05) is 12.1 Å². The van der Waals surface area contributed by atoms with E-state index in [1.165, 1.54) is 0 Å². The van der Waals surface area contributed by atoms with Gasteiger partial charge in [-0.3, -0.25) is 14.5 Å². The molecule has 0 aliphatic carbocycles. The van der Waals surface area contributed by atoms with Crippen LogP contribution in [0, 0.1) is 0 Å². The Morgan fingerprint density at radius 3 is 2.70 bits per heavy atom. The Bertz CT molecular complexity index is 872. The van der Waals surface area contributed by atoms with Gasteiger partial charge >= 0.3 is 0 Å². The molecule has 0 bridgehead atoms. The lowest BCUT2D eigenvalue weighted by atomic mass is 10.0. The largest absolute Gasteiger partial charge is 0.361 e. The van der Waals surface area contributed by atoms with Crippen LogP contribution in [-0.2, 0) is 7.05 Å². The molecule has 2 aromatic heterocycles. The first-order valence-electron chi connectivity index (χ1n) is 7.33. The second-order valence-electron chi connectivity index (χ2n) is 5.44. The molecule has 114 valence electrons. The highest BCUT2D eigenvalue weighted by Crippen LogP contribution is 2.31. The Balaban J connectivity index is 1.77. The predicted octanol–water partition coefficient (Wildman–Crippen LogP) is 2.34. The Kier molecular flexibility index (Phi) is 3.08. The van der Waals surface area contributed by atoms with Crippen molar-refractivity contribution in [1.82, 2.24) is 20.1 Å². The van der Waals surface area contributed by atoms with E-state index in [1.54, 1.807) is 23.1 Å². The Hall–Kier alpha value is -3.15. The van der Waals surface area contributed by atoms with Crippen LogP contribution in [0.15, 0.2) is 55.0 Å². The number of para-hydroxylation sites is 1. The summed E-state index contributed by atoms with van der Waals surface area (Å²) < 4.78 is 1.75. The van der Waals surface area contributed by atoms with Crippen LogP contribution in [0.1, 0.15) is 22.1 Å². The van der Waals surface area contributed by atoms with Crippen LogP contribution >= 0.6 is 0 Å².